The van der Waals surface area contributed by atoms with E-state index < -0.39 is 17.2 Å². The number of nitrogens with zero attached hydrogens (tertiary/aromatic N) is 5. The molecule has 3 N–H and O–H groups in total. The summed E-state index contributed by atoms with van der Waals surface area (Å²) < 4.78 is 53.5. The number of piperidine rings is 1. The van der Waals surface area contributed by atoms with Gasteiger partial charge in [0.15, 0.2) is 0 Å². The van der Waals surface area contributed by atoms with E-state index in [1.807, 2.05) is 36.9 Å². The van der Waals surface area contributed by atoms with E-state index in [1.165, 1.54) is 19.4 Å². The van der Waals surface area contributed by atoms with Crippen molar-refractivity contribution in [1.82, 2.24) is 19.9 Å². The number of nitrogens with two attached hydrogens (primary N) is 1. The molecule has 2 aliphatic rings. The average Bonchev–Trinajstić information content (AvgIpc) is 3.04. The van der Waals surface area contributed by atoms with Crippen molar-refractivity contribution in [1.29, 1.82) is 0 Å². The van der Waals surface area contributed by atoms with Crippen molar-refractivity contribution < 1.29 is 37.3 Å². The van der Waals surface area contributed by atoms with Crippen LogP contribution < -0.4 is 20.1 Å². The van der Waals surface area contributed by atoms with Crippen LogP contribution in [0.2, 0.25) is 0 Å². The second-order valence-electron chi connectivity index (χ2n) is 11.0. The molecular weight excluding hydrogens is 605 g/mol. The zero-order chi connectivity index (χ0) is 33.5. The molecule has 5 rings (SSSR count). The molecule has 0 bridgehead atoms. The fraction of sp³-hybridized carbons (Fsp3) is 0.469. The van der Waals surface area contributed by atoms with E-state index in [1.54, 1.807) is 11.1 Å². The molecule has 3 aromatic rings. The first-order chi connectivity index (χ1) is 22.1. The van der Waals surface area contributed by atoms with Crippen molar-refractivity contribution in [2.75, 3.05) is 44.8 Å². The molecule has 0 radical (unpaired) electrons. The van der Waals surface area contributed by atoms with Crippen LogP contribution in [-0.2, 0) is 27.7 Å². The number of carbonyl (C=O) groups excluding carboxylic acids is 1. The van der Waals surface area contributed by atoms with Gasteiger partial charge in [-0.05, 0) is 49.1 Å². The van der Waals surface area contributed by atoms with Crippen molar-refractivity contribution in [3.8, 4) is 22.9 Å². The number of aromatic nitrogens is 3. The molecule has 1 saturated heterocycles. The number of hydrogen-bond donors (Lipinski definition) is 2. The highest BCUT2D eigenvalue weighted by Crippen LogP contribution is 2.49. The number of carbonyl (C=O) groups is 2. The fourth-order valence-electron chi connectivity index (χ4n) is 6.64. The lowest BCUT2D eigenvalue weighted by Gasteiger charge is -2.53. The van der Waals surface area contributed by atoms with Crippen molar-refractivity contribution in [3.05, 3.63) is 59.5 Å². The summed E-state index contributed by atoms with van der Waals surface area (Å²) in [7, 11) is 1.23. The zero-order valence-electron chi connectivity index (χ0n) is 26.1. The van der Waals surface area contributed by atoms with Crippen LogP contribution in [-0.4, -0.2) is 77.2 Å². The predicted octanol–water partition coefficient (Wildman–Crippen LogP) is 4.53. The van der Waals surface area contributed by atoms with E-state index in [-0.39, 0.29) is 42.8 Å². The maximum atomic E-state index is 14.2. The van der Waals surface area contributed by atoms with Crippen LogP contribution in [0.15, 0.2) is 42.7 Å². The van der Waals surface area contributed by atoms with Crippen LogP contribution in [0, 0.1) is 5.92 Å². The average molecular weight is 645 g/mol. The molecule has 2 aliphatic heterocycles. The van der Waals surface area contributed by atoms with Crippen LogP contribution in [0.4, 0.5) is 19.0 Å². The van der Waals surface area contributed by atoms with Crippen LogP contribution in [0.25, 0.3) is 11.3 Å². The summed E-state index contributed by atoms with van der Waals surface area (Å²) in [4.78, 5) is 38.7. The number of pyridine rings is 3. The number of halogens is 3. The highest BCUT2D eigenvalue weighted by atomic mass is 19.4. The van der Waals surface area contributed by atoms with Crippen molar-refractivity contribution in [2.45, 2.75) is 51.2 Å². The first kappa shape index (κ1) is 34.4. The lowest BCUT2D eigenvalue weighted by atomic mass is 9.62. The second-order valence-corrected chi connectivity index (χ2v) is 11.0. The maximum absolute atomic E-state index is 14.2. The normalized spacial score (nSPS) is 19.2. The molecule has 46 heavy (non-hydrogen) atoms. The Hall–Kier alpha value is -4.46. The lowest BCUT2D eigenvalue weighted by molar-refractivity contribution is -0.138. The van der Waals surface area contributed by atoms with Gasteiger partial charge in [0, 0.05) is 50.4 Å². The Morgan fingerprint density at radius 3 is 2.61 bits per heavy atom. The smallest absolute Gasteiger partial charge is 0.423 e. The van der Waals surface area contributed by atoms with Gasteiger partial charge in [0.1, 0.15) is 17.1 Å². The Morgan fingerprint density at radius 1 is 1.20 bits per heavy atom. The van der Waals surface area contributed by atoms with Crippen LogP contribution in [0.5, 0.6) is 11.6 Å². The molecule has 5 heterocycles. The third-order valence-corrected chi connectivity index (χ3v) is 8.60. The van der Waals surface area contributed by atoms with E-state index in [0.717, 1.165) is 16.8 Å². The van der Waals surface area contributed by atoms with Gasteiger partial charge in [-0.3, -0.25) is 14.6 Å². The molecule has 1 fully saturated rings. The predicted molar refractivity (Wildman–Crippen MR) is 164 cm³/mol. The summed E-state index contributed by atoms with van der Waals surface area (Å²) in [5, 5.41) is 6.89. The third kappa shape index (κ3) is 6.86. The molecule has 11 nitrogen and oxygen atoms in total. The number of anilines is 1. The molecule has 248 valence electrons. The molecule has 3 aromatic heterocycles. The quantitative estimate of drug-likeness (QED) is 0.336. The monoisotopic (exact) mass is 644 g/mol. The molecule has 0 saturated carbocycles. The number of methoxy groups -OCH3 is 1. The van der Waals surface area contributed by atoms with Crippen LogP contribution >= 0.6 is 0 Å². The van der Waals surface area contributed by atoms with Gasteiger partial charge in [0.25, 0.3) is 6.47 Å². The SMILES string of the molecule is CCOc1ncccc1-c1ccc2c(n1)CN(C(=O)CCN)C[C@]21CCN(c2nccc(OC)c2C(F)(F)F)C[C@H]1CC.O=CO. The van der Waals surface area contributed by atoms with E-state index in [0.29, 0.717) is 57.2 Å². The summed E-state index contributed by atoms with van der Waals surface area (Å²) in [6.45, 7) is 5.76. The molecular formula is C32H39F3N6O5. The van der Waals surface area contributed by atoms with Crippen molar-refractivity contribution in [2.24, 2.45) is 11.7 Å². The summed E-state index contributed by atoms with van der Waals surface area (Å²) >= 11 is 0. The number of fused-ring (bicyclic) bond motifs is 2. The maximum Gasteiger partial charge on any atom is 0.423 e. The first-order valence-corrected chi connectivity index (χ1v) is 15.1. The summed E-state index contributed by atoms with van der Waals surface area (Å²) in [6, 6.07) is 8.96. The molecule has 0 unspecified atom stereocenters. The number of hydrogen-bond acceptors (Lipinski definition) is 9. The van der Waals surface area contributed by atoms with Crippen LogP contribution in [0.1, 0.15) is 49.9 Å². The van der Waals surface area contributed by atoms with E-state index in [2.05, 4.69) is 16.0 Å². The number of alkyl halides is 3. The minimum Gasteiger partial charge on any atom is -0.496 e. The molecule has 1 amide bonds. The topological polar surface area (TPSA) is 144 Å². The fourth-order valence-corrected chi connectivity index (χ4v) is 6.64. The molecule has 0 aliphatic carbocycles. The van der Waals surface area contributed by atoms with Gasteiger partial charge in [0.2, 0.25) is 11.8 Å². The van der Waals surface area contributed by atoms with Gasteiger partial charge < -0.3 is 30.1 Å². The lowest BCUT2D eigenvalue weighted by Crippen LogP contribution is -2.58. The number of rotatable bonds is 8. The Labute approximate surface area is 265 Å². The largest absolute Gasteiger partial charge is 0.496 e. The minimum atomic E-state index is -4.64. The summed E-state index contributed by atoms with van der Waals surface area (Å²) in [6.07, 6.45) is -0.234. The highest BCUT2D eigenvalue weighted by Gasteiger charge is 2.50. The third-order valence-electron chi connectivity index (χ3n) is 8.60. The Balaban J connectivity index is 0.00000154. The van der Waals surface area contributed by atoms with Gasteiger partial charge in [-0.15, -0.1) is 0 Å². The Bertz CT molecular complexity index is 1520. The van der Waals surface area contributed by atoms with Gasteiger partial charge in [-0.25, -0.2) is 9.97 Å². The minimum absolute atomic E-state index is 0.0674. The number of amides is 1. The number of carboxylic acid groups (broad SMARTS) is 1. The van der Waals surface area contributed by atoms with Gasteiger partial charge in [-0.2, -0.15) is 13.2 Å². The van der Waals surface area contributed by atoms with Gasteiger partial charge in [-0.1, -0.05) is 19.4 Å². The van der Waals surface area contributed by atoms with E-state index in [4.69, 9.17) is 30.1 Å². The molecule has 14 heteroatoms. The second kappa shape index (κ2) is 14.8. The summed E-state index contributed by atoms with van der Waals surface area (Å²) in [5.41, 5.74) is 7.59. The van der Waals surface area contributed by atoms with Gasteiger partial charge in [0.05, 0.1) is 37.2 Å². The Kier molecular flexibility index (Phi) is 11.0. The van der Waals surface area contributed by atoms with E-state index in [9.17, 15) is 18.0 Å². The molecule has 0 aromatic carbocycles. The van der Waals surface area contributed by atoms with Crippen molar-refractivity contribution in [3.63, 3.8) is 0 Å². The van der Waals surface area contributed by atoms with E-state index >= 15 is 0 Å². The van der Waals surface area contributed by atoms with Gasteiger partial charge >= 0.3 is 6.18 Å². The molecule has 2 atom stereocenters. The Morgan fingerprint density at radius 2 is 1.96 bits per heavy atom. The van der Waals surface area contributed by atoms with Crippen LogP contribution in [0.3, 0.4) is 0 Å². The van der Waals surface area contributed by atoms with Crippen molar-refractivity contribution >= 4 is 18.2 Å². The zero-order valence-corrected chi connectivity index (χ0v) is 26.1. The standard InChI is InChI=1S/C31H37F3N6O3.CH2O2/c1-4-20-17-39(28-27(31(32,33)34)25(42-3)11-15-36-28)16-12-30(20)19-40(26(41)10-13-35)18-24-22(30)8-9-23(38-24)21-7-6-14-37-29(21)43-5-2;2-1-3/h6-9,11,14-15,20H,4-5,10,12-13,16-19,35H2,1-3H3;1H,(H,2,3)/t20-,30+;/m1./s1. The highest BCUT2D eigenvalue weighted by molar-refractivity contribution is 5.77. The number of ether oxygens (including phenoxy) is 2. The summed E-state index contributed by atoms with van der Waals surface area (Å²) in [5.74, 6) is -0.0773. The first-order valence-electron chi connectivity index (χ1n) is 15.1. The molecule has 1 spiro atoms.